The molecule has 0 saturated carbocycles. The van der Waals surface area contributed by atoms with E-state index in [1.807, 2.05) is 13.8 Å². The number of benzene rings is 1. The molecule has 1 aromatic carbocycles. The summed E-state index contributed by atoms with van der Waals surface area (Å²) in [6.45, 7) is 6.31. The van der Waals surface area contributed by atoms with Crippen LogP contribution in [0.5, 0.6) is 0 Å². The molecule has 0 atom stereocenters. The third-order valence-electron chi connectivity index (χ3n) is 4.68. The highest BCUT2D eigenvalue weighted by molar-refractivity contribution is 5.98. The Morgan fingerprint density at radius 2 is 1.92 bits per heavy atom. The fourth-order valence-electron chi connectivity index (χ4n) is 2.76. The Bertz CT molecular complexity index is 854. The number of H-pyrrole nitrogens is 1. The lowest BCUT2D eigenvalue weighted by Crippen LogP contribution is -2.52. The summed E-state index contributed by atoms with van der Waals surface area (Å²) in [5.41, 5.74) is 5.25. The normalized spacial score (nSPS) is 11.7. The largest absolute Gasteiger partial charge is 0.345 e. The second kappa shape index (κ2) is 7.00. The molecule has 0 bridgehead atoms. The summed E-state index contributed by atoms with van der Waals surface area (Å²) < 4.78 is 1.12. The van der Waals surface area contributed by atoms with Crippen LogP contribution < -0.4 is 22.3 Å². The average Bonchev–Trinajstić information content (AvgIpc) is 2.59. The van der Waals surface area contributed by atoms with Crippen LogP contribution in [0.15, 0.2) is 27.8 Å². The molecular formula is C17H24N4O3. The van der Waals surface area contributed by atoms with E-state index in [-0.39, 0.29) is 11.5 Å². The molecule has 2 aromatic rings. The van der Waals surface area contributed by atoms with E-state index in [4.69, 9.17) is 5.73 Å². The first kappa shape index (κ1) is 17.9. The van der Waals surface area contributed by atoms with Gasteiger partial charge in [0.25, 0.3) is 11.5 Å². The summed E-state index contributed by atoms with van der Waals surface area (Å²) in [4.78, 5) is 39.4. The van der Waals surface area contributed by atoms with Crippen molar-refractivity contribution in [3.63, 3.8) is 0 Å². The van der Waals surface area contributed by atoms with Gasteiger partial charge < -0.3 is 16.0 Å². The molecule has 7 nitrogen and oxygen atoms in total. The zero-order chi connectivity index (χ0) is 17.9. The molecule has 1 aromatic heterocycles. The van der Waals surface area contributed by atoms with Crippen molar-refractivity contribution in [2.24, 2.45) is 5.73 Å². The van der Waals surface area contributed by atoms with Crippen molar-refractivity contribution >= 4 is 16.8 Å². The molecule has 7 heteroatoms. The van der Waals surface area contributed by atoms with Gasteiger partial charge in [0.15, 0.2) is 0 Å². The zero-order valence-corrected chi connectivity index (χ0v) is 14.3. The van der Waals surface area contributed by atoms with E-state index in [1.165, 1.54) is 6.07 Å². The van der Waals surface area contributed by atoms with E-state index in [2.05, 4.69) is 10.3 Å². The van der Waals surface area contributed by atoms with Gasteiger partial charge in [-0.05, 0) is 38.0 Å². The van der Waals surface area contributed by atoms with Gasteiger partial charge >= 0.3 is 5.69 Å². The number of rotatable bonds is 6. The lowest BCUT2D eigenvalue weighted by molar-refractivity contribution is 0.0895. The molecule has 130 valence electrons. The molecule has 0 radical (unpaired) electrons. The topological polar surface area (TPSA) is 110 Å². The minimum Gasteiger partial charge on any atom is -0.345 e. The third kappa shape index (κ3) is 3.12. The van der Waals surface area contributed by atoms with Crippen molar-refractivity contribution in [1.82, 2.24) is 14.9 Å². The van der Waals surface area contributed by atoms with E-state index in [9.17, 15) is 14.4 Å². The van der Waals surface area contributed by atoms with Gasteiger partial charge in [-0.3, -0.25) is 14.2 Å². The van der Waals surface area contributed by atoms with Crippen LogP contribution >= 0.6 is 0 Å². The number of carbonyl (C=O) groups is 1. The number of nitrogens with one attached hydrogen (secondary N) is 2. The maximum Gasteiger partial charge on any atom is 0.328 e. The molecule has 0 aliphatic carbocycles. The van der Waals surface area contributed by atoms with Gasteiger partial charge in [0.2, 0.25) is 0 Å². The molecule has 0 aliphatic heterocycles. The second-order valence-electron chi connectivity index (χ2n) is 5.89. The summed E-state index contributed by atoms with van der Waals surface area (Å²) in [6, 6.07) is 4.68. The summed E-state index contributed by atoms with van der Waals surface area (Å²) in [7, 11) is 0. The van der Waals surface area contributed by atoms with Crippen LogP contribution in [0.25, 0.3) is 10.9 Å². The van der Waals surface area contributed by atoms with Crippen LogP contribution in [0, 0.1) is 0 Å². The van der Waals surface area contributed by atoms with Crippen molar-refractivity contribution < 1.29 is 4.79 Å². The number of nitrogens with two attached hydrogens (primary N) is 1. The van der Waals surface area contributed by atoms with Gasteiger partial charge in [-0.15, -0.1) is 0 Å². The molecule has 0 saturated heterocycles. The molecule has 0 unspecified atom stereocenters. The quantitative estimate of drug-likeness (QED) is 0.731. The summed E-state index contributed by atoms with van der Waals surface area (Å²) >= 11 is 0. The minimum absolute atomic E-state index is 0.272. The van der Waals surface area contributed by atoms with Crippen LogP contribution in [-0.4, -0.2) is 27.5 Å². The predicted octanol–water partition coefficient (Wildman–Crippen LogP) is 0.957. The summed E-state index contributed by atoms with van der Waals surface area (Å²) in [5.74, 6) is -0.272. The van der Waals surface area contributed by atoms with Gasteiger partial charge in [0.05, 0.1) is 16.4 Å². The van der Waals surface area contributed by atoms with Crippen molar-refractivity contribution in [2.75, 3.05) is 6.54 Å². The molecule has 1 heterocycles. The van der Waals surface area contributed by atoms with E-state index in [0.29, 0.717) is 29.6 Å². The van der Waals surface area contributed by atoms with Gasteiger partial charge in [-0.25, -0.2) is 4.79 Å². The molecule has 2 rings (SSSR count). The van der Waals surface area contributed by atoms with Crippen LogP contribution in [0.4, 0.5) is 0 Å². The lowest BCUT2D eigenvalue weighted by atomic mass is 9.92. The molecule has 1 amide bonds. The van der Waals surface area contributed by atoms with Crippen LogP contribution in [-0.2, 0) is 6.54 Å². The van der Waals surface area contributed by atoms with Crippen LogP contribution in [0.3, 0.4) is 0 Å². The van der Waals surface area contributed by atoms with E-state index in [0.717, 1.165) is 17.4 Å². The molecular weight excluding hydrogens is 308 g/mol. The smallest absolute Gasteiger partial charge is 0.328 e. The zero-order valence-electron chi connectivity index (χ0n) is 14.3. The Balaban J connectivity index is 2.46. The molecule has 24 heavy (non-hydrogen) atoms. The predicted molar refractivity (Wildman–Crippen MR) is 94.3 cm³/mol. The van der Waals surface area contributed by atoms with Gasteiger partial charge in [0, 0.05) is 18.7 Å². The first-order valence-electron chi connectivity index (χ1n) is 8.20. The number of fused-ring (bicyclic) bond motifs is 1. The average molecular weight is 332 g/mol. The van der Waals surface area contributed by atoms with Crippen LogP contribution in [0.2, 0.25) is 0 Å². The minimum atomic E-state index is -0.481. The highest BCUT2D eigenvalue weighted by Gasteiger charge is 2.26. The number of nitrogens with zero attached hydrogens (tertiary/aromatic N) is 1. The first-order valence-corrected chi connectivity index (χ1v) is 8.20. The van der Waals surface area contributed by atoms with Gasteiger partial charge in [-0.2, -0.15) is 0 Å². The van der Waals surface area contributed by atoms with Crippen LogP contribution in [0.1, 0.15) is 44.0 Å². The fraction of sp³-hybridized carbons (Fsp3) is 0.471. The third-order valence-corrected chi connectivity index (χ3v) is 4.68. The molecule has 0 spiro atoms. The first-order chi connectivity index (χ1) is 11.4. The SMILES string of the molecule is CCn1c(=O)[nH]c2cc(C(=O)NC(CC)(CC)CN)ccc2c1=O. The van der Waals surface area contributed by atoms with Crippen molar-refractivity contribution in [3.8, 4) is 0 Å². The van der Waals surface area contributed by atoms with Crippen molar-refractivity contribution in [2.45, 2.75) is 45.7 Å². The Morgan fingerprint density at radius 1 is 1.25 bits per heavy atom. The standard InChI is InChI=1S/C17H24N4O3/c1-4-17(5-2,10-18)20-14(22)11-7-8-12-13(9-11)19-16(24)21(6-3)15(12)23/h7-9H,4-6,10,18H2,1-3H3,(H,19,24)(H,20,22). The maximum absolute atomic E-state index is 12.5. The molecule has 0 aliphatic rings. The monoisotopic (exact) mass is 332 g/mol. The summed E-state index contributed by atoms with van der Waals surface area (Å²) in [6.07, 6.45) is 1.44. The van der Waals surface area contributed by atoms with E-state index >= 15 is 0 Å². The molecule has 4 N–H and O–H groups in total. The number of aromatic nitrogens is 2. The highest BCUT2D eigenvalue weighted by atomic mass is 16.2. The van der Waals surface area contributed by atoms with Gasteiger partial charge in [0.1, 0.15) is 0 Å². The Morgan fingerprint density at radius 3 is 2.46 bits per heavy atom. The Hall–Kier alpha value is -2.41. The maximum atomic E-state index is 12.5. The highest BCUT2D eigenvalue weighted by Crippen LogP contribution is 2.16. The second-order valence-corrected chi connectivity index (χ2v) is 5.89. The molecule has 0 fully saturated rings. The van der Waals surface area contributed by atoms with Crippen molar-refractivity contribution in [1.29, 1.82) is 0 Å². The number of aromatic amines is 1. The Labute approximate surface area is 139 Å². The van der Waals surface area contributed by atoms with Gasteiger partial charge in [-0.1, -0.05) is 13.8 Å². The van der Waals surface area contributed by atoms with E-state index in [1.54, 1.807) is 19.1 Å². The lowest BCUT2D eigenvalue weighted by Gasteiger charge is -2.31. The number of hydrogen-bond acceptors (Lipinski definition) is 4. The van der Waals surface area contributed by atoms with E-state index < -0.39 is 11.2 Å². The number of hydrogen-bond donors (Lipinski definition) is 3. The number of carbonyl (C=O) groups excluding carboxylic acids is 1. The summed E-state index contributed by atoms with van der Waals surface area (Å²) in [5, 5.41) is 3.35. The van der Waals surface area contributed by atoms with Crippen molar-refractivity contribution in [3.05, 3.63) is 44.6 Å². The Kier molecular flexibility index (Phi) is 5.23. The number of amides is 1. The fourth-order valence-corrected chi connectivity index (χ4v) is 2.76.